The molecule has 0 bridgehead atoms. The third kappa shape index (κ3) is 8.32. The Morgan fingerprint density at radius 2 is 1.63 bits per heavy atom. The van der Waals surface area contributed by atoms with E-state index >= 15 is 0 Å². The van der Waals surface area contributed by atoms with Crippen molar-refractivity contribution in [1.29, 1.82) is 0 Å². The molecule has 5 rings (SSSR count). The van der Waals surface area contributed by atoms with E-state index in [2.05, 4.69) is 0 Å². The Bertz CT molecular complexity index is 1700. The summed E-state index contributed by atoms with van der Waals surface area (Å²) in [5, 5.41) is 9.61. The SMILES string of the molecule is Cc1cc(F)ccc1[C@H]1C[C@]2(CCC(CCCO)N2C(=O)OCc2ccccc2)CCN1C(=O)N(C)[C@H](C)c1cc(C(F)(F)F)cc(C(F)(F)F)c1. The van der Waals surface area contributed by atoms with Gasteiger partial charge in [-0.1, -0.05) is 36.4 Å². The number of aliphatic hydroxyl groups is 1. The number of likely N-dealkylation sites (tertiary alicyclic amines) is 2. The highest BCUT2D eigenvalue weighted by molar-refractivity contribution is 5.76. The summed E-state index contributed by atoms with van der Waals surface area (Å²) in [6.07, 6.45) is -8.03. The number of piperidine rings is 1. The summed E-state index contributed by atoms with van der Waals surface area (Å²) in [7, 11) is 1.31. The van der Waals surface area contributed by atoms with Crippen LogP contribution in [0.5, 0.6) is 0 Å². The van der Waals surface area contributed by atoms with Crippen LogP contribution in [-0.2, 0) is 23.7 Å². The van der Waals surface area contributed by atoms with Crippen LogP contribution in [0.3, 0.4) is 0 Å². The number of benzene rings is 3. The zero-order valence-corrected chi connectivity index (χ0v) is 29.1. The van der Waals surface area contributed by atoms with Crippen molar-refractivity contribution in [2.75, 3.05) is 20.2 Å². The standard InChI is InChI=1S/C38H42F7N3O4/c1-24-18-30(39)11-12-32(24)33-22-36(14-13-31(10-7-17-49)48(36)35(51)52-23-26-8-5-4-6-9-26)15-16-47(33)34(50)46(3)25(2)27-19-28(37(40,41)42)21-29(20-27)38(43,44)45/h4-6,8-9,11-12,18-21,25,31,33,49H,7,10,13-17,22-23H2,1-3H3/t25-,31?,33-,36+/m1/s1. The number of ether oxygens (including phenoxy) is 1. The second-order valence-corrected chi connectivity index (χ2v) is 13.8. The van der Waals surface area contributed by atoms with Crippen molar-refractivity contribution in [3.8, 4) is 0 Å². The molecular weight excluding hydrogens is 695 g/mol. The van der Waals surface area contributed by atoms with Crippen molar-refractivity contribution < 1.29 is 50.2 Å². The van der Waals surface area contributed by atoms with Gasteiger partial charge in [-0.25, -0.2) is 14.0 Å². The monoisotopic (exact) mass is 737 g/mol. The van der Waals surface area contributed by atoms with Gasteiger partial charge >= 0.3 is 24.5 Å². The highest BCUT2D eigenvalue weighted by atomic mass is 19.4. The van der Waals surface area contributed by atoms with Crippen molar-refractivity contribution in [3.63, 3.8) is 0 Å². The molecule has 2 fully saturated rings. The van der Waals surface area contributed by atoms with E-state index in [1.54, 1.807) is 17.9 Å². The van der Waals surface area contributed by atoms with Gasteiger partial charge in [0.2, 0.25) is 0 Å². The quantitative estimate of drug-likeness (QED) is 0.234. The van der Waals surface area contributed by atoms with Gasteiger partial charge in [-0.3, -0.25) is 4.90 Å². The second kappa shape index (κ2) is 15.3. The molecule has 282 valence electrons. The van der Waals surface area contributed by atoms with Crippen molar-refractivity contribution in [3.05, 3.63) is 106 Å². The maximum Gasteiger partial charge on any atom is 0.416 e. The zero-order valence-electron chi connectivity index (χ0n) is 29.1. The average Bonchev–Trinajstić information content (AvgIpc) is 3.45. The molecular formula is C38H42F7N3O4. The summed E-state index contributed by atoms with van der Waals surface area (Å²) in [6, 6.07) is 11.7. The average molecular weight is 738 g/mol. The Labute approximate surface area is 298 Å². The number of nitrogens with zero attached hydrogens (tertiary/aromatic N) is 3. The molecule has 52 heavy (non-hydrogen) atoms. The van der Waals surface area contributed by atoms with Gasteiger partial charge in [0, 0.05) is 26.2 Å². The maximum absolute atomic E-state index is 14.3. The Balaban J connectivity index is 1.49. The molecule has 4 atom stereocenters. The first-order chi connectivity index (χ1) is 24.4. The number of carbonyl (C=O) groups excluding carboxylic acids is 2. The fraction of sp³-hybridized carbons (Fsp3) is 0.474. The molecule has 2 saturated heterocycles. The van der Waals surface area contributed by atoms with E-state index in [-0.39, 0.29) is 43.9 Å². The van der Waals surface area contributed by atoms with Crippen LogP contribution >= 0.6 is 0 Å². The van der Waals surface area contributed by atoms with Crippen LogP contribution in [-0.4, -0.2) is 63.7 Å². The Morgan fingerprint density at radius 1 is 0.981 bits per heavy atom. The molecule has 1 N–H and O–H groups in total. The van der Waals surface area contributed by atoms with Gasteiger partial charge in [0.1, 0.15) is 12.4 Å². The van der Waals surface area contributed by atoms with Crippen LogP contribution in [0, 0.1) is 12.7 Å². The first-order valence-electron chi connectivity index (χ1n) is 17.1. The van der Waals surface area contributed by atoms with E-state index in [0.717, 1.165) is 10.5 Å². The van der Waals surface area contributed by atoms with E-state index < -0.39 is 59.0 Å². The largest absolute Gasteiger partial charge is 0.445 e. The molecule has 0 aromatic heterocycles. The molecule has 14 heteroatoms. The third-order valence-corrected chi connectivity index (χ3v) is 10.5. The summed E-state index contributed by atoms with van der Waals surface area (Å²) in [6.45, 7) is 3.06. The molecule has 2 aliphatic rings. The molecule has 2 heterocycles. The van der Waals surface area contributed by atoms with Gasteiger partial charge in [-0.2, -0.15) is 26.3 Å². The van der Waals surface area contributed by atoms with E-state index in [0.29, 0.717) is 55.4 Å². The molecule has 1 spiro atoms. The minimum absolute atomic E-state index is 0.0261. The first-order valence-corrected chi connectivity index (χ1v) is 17.1. The molecule has 1 unspecified atom stereocenters. The number of amides is 3. The first kappa shape index (κ1) is 38.9. The molecule has 3 aromatic rings. The van der Waals surface area contributed by atoms with Crippen molar-refractivity contribution in [1.82, 2.24) is 14.7 Å². The summed E-state index contributed by atoms with van der Waals surface area (Å²) >= 11 is 0. The number of aryl methyl sites for hydroxylation is 1. The lowest BCUT2D eigenvalue weighted by molar-refractivity contribution is -0.143. The highest BCUT2D eigenvalue weighted by Crippen LogP contribution is 2.50. The van der Waals surface area contributed by atoms with Crippen LogP contribution in [0.25, 0.3) is 0 Å². The Morgan fingerprint density at radius 3 is 2.23 bits per heavy atom. The number of carbonyl (C=O) groups is 2. The lowest BCUT2D eigenvalue weighted by Crippen LogP contribution is -2.59. The highest BCUT2D eigenvalue weighted by Gasteiger charge is 2.54. The van der Waals surface area contributed by atoms with Crippen LogP contribution in [0.2, 0.25) is 0 Å². The molecule has 3 amide bonds. The van der Waals surface area contributed by atoms with Crippen LogP contribution < -0.4 is 0 Å². The predicted molar refractivity (Wildman–Crippen MR) is 178 cm³/mol. The fourth-order valence-corrected chi connectivity index (χ4v) is 7.64. The number of aliphatic hydroxyl groups excluding tert-OH is 1. The molecule has 7 nitrogen and oxygen atoms in total. The summed E-state index contributed by atoms with van der Waals surface area (Å²) in [5.41, 5.74) is -2.22. The number of alkyl halides is 6. The van der Waals surface area contributed by atoms with Gasteiger partial charge < -0.3 is 19.6 Å². The molecule has 0 radical (unpaired) electrons. The molecule has 0 aliphatic carbocycles. The van der Waals surface area contributed by atoms with Crippen LogP contribution in [0.15, 0.2) is 66.7 Å². The van der Waals surface area contributed by atoms with E-state index in [4.69, 9.17) is 4.74 Å². The van der Waals surface area contributed by atoms with Crippen LogP contribution in [0.4, 0.5) is 40.3 Å². The van der Waals surface area contributed by atoms with E-state index in [9.17, 15) is 45.4 Å². The fourth-order valence-electron chi connectivity index (χ4n) is 7.64. The van der Waals surface area contributed by atoms with Crippen LogP contribution in [0.1, 0.15) is 90.9 Å². The summed E-state index contributed by atoms with van der Waals surface area (Å²) in [4.78, 5) is 32.6. The number of hydrogen-bond acceptors (Lipinski definition) is 4. The van der Waals surface area contributed by atoms with E-state index in [1.165, 1.54) is 31.0 Å². The minimum atomic E-state index is -5.06. The second-order valence-electron chi connectivity index (χ2n) is 13.8. The minimum Gasteiger partial charge on any atom is -0.445 e. The topological polar surface area (TPSA) is 73.3 Å². The summed E-state index contributed by atoms with van der Waals surface area (Å²) in [5.74, 6) is -0.503. The molecule has 2 aliphatic heterocycles. The van der Waals surface area contributed by atoms with Crippen molar-refractivity contribution in [2.24, 2.45) is 0 Å². The predicted octanol–water partition coefficient (Wildman–Crippen LogP) is 9.43. The summed E-state index contributed by atoms with van der Waals surface area (Å²) < 4.78 is 102. The molecule has 0 saturated carbocycles. The lowest BCUT2D eigenvalue weighted by atomic mass is 9.78. The van der Waals surface area contributed by atoms with Gasteiger partial charge in [0.15, 0.2) is 0 Å². The van der Waals surface area contributed by atoms with Gasteiger partial charge in [0.05, 0.1) is 28.7 Å². The number of hydrogen-bond donors (Lipinski definition) is 1. The van der Waals surface area contributed by atoms with Gasteiger partial charge in [0.25, 0.3) is 0 Å². The van der Waals surface area contributed by atoms with Crippen molar-refractivity contribution in [2.45, 2.75) is 95.0 Å². The Kier molecular flexibility index (Phi) is 11.5. The smallest absolute Gasteiger partial charge is 0.416 e. The lowest BCUT2D eigenvalue weighted by Gasteiger charge is -2.50. The van der Waals surface area contributed by atoms with Gasteiger partial charge in [-0.05, 0) is 105 Å². The Hall–Kier alpha value is -4.33. The number of rotatable bonds is 8. The number of halogens is 7. The molecule has 3 aromatic carbocycles. The zero-order chi connectivity index (χ0) is 38.0. The maximum atomic E-state index is 14.3. The van der Waals surface area contributed by atoms with Crippen molar-refractivity contribution >= 4 is 12.1 Å². The van der Waals surface area contributed by atoms with E-state index in [1.807, 2.05) is 30.3 Å². The van der Waals surface area contributed by atoms with Gasteiger partial charge in [-0.15, -0.1) is 0 Å². The number of urea groups is 1. The third-order valence-electron chi connectivity index (χ3n) is 10.5. The normalized spacial score (nSPS) is 21.4.